The Hall–Kier alpha value is -7.57. The van der Waals surface area contributed by atoms with Crippen molar-refractivity contribution in [3.05, 3.63) is 194 Å². The summed E-state index contributed by atoms with van der Waals surface area (Å²) in [4.78, 5) is 23.8. The summed E-state index contributed by atoms with van der Waals surface area (Å²) in [6.07, 6.45) is 7.06. The fourth-order valence-electron chi connectivity index (χ4n) is 8.85. The zero-order valence-electron chi connectivity index (χ0n) is 32.0. The quantitative estimate of drug-likeness (QED) is 0.170. The molecule has 6 aromatic carbocycles. The highest BCUT2D eigenvalue weighted by molar-refractivity contribution is 6.13. The van der Waals surface area contributed by atoms with Crippen LogP contribution in [0.5, 0.6) is 0 Å². The third-order valence-electron chi connectivity index (χ3n) is 11.6. The predicted molar refractivity (Wildman–Crippen MR) is 234 cm³/mol. The van der Waals surface area contributed by atoms with E-state index in [0.29, 0.717) is 17.5 Å². The Balaban J connectivity index is 1.26. The highest BCUT2D eigenvalue weighted by Crippen LogP contribution is 2.52. The van der Waals surface area contributed by atoms with E-state index in [9.17, 15) is 0 Å². The standard InChI is InChI=1S/C52H36N6/c1-52(2)44-19-11-9-17-38(44)42-32-47-43(31-45(42)52)39-18-10-12-20-46(39)58(47)48-40(33-13-5-3-6-14-33)29-37(30-41(48)34-15-7-4-8-16-34)51-56-49(35-21-25-53-26-22-35)55-50(57-51)36-23-27-54-28-24-36/h3-32H,1-2H3. The molecule has 11 rings (SSSR count). The third-order valence-corrected chi connectivity index (χ3v) is 11.6. The van der Waals surface area contributed by atoms with E-state index >= 15 is 0 Å². The summed E-state index contributed by atoms with van der Waals surface area (Å²) in [5.74, 6) is 1.73. The van der Waals surface area contributed by atoms with Crippen molar-refractivity contribution >= 4 is 21.8 Å². The molecule has 1 aliphatic carbocycles. The van der Waals surface area contributed by atoms with Crippen molar-refractivity contribution in [1.82, 2.24) is 29.5 Å². The molecule has 0 atom stereocenters. The minimum Gasteiger partial charge on any atom is -0.308 e. The Morgan fingerprint density at radius 3 is 1.50 bits per heavy atom. The fourth-order valence-corrected chi connectivity index (χ4v) is 8.85. The monoisotopic (exact) mass is 744 g/mol. The molecular formula is C52H36N6. The molecule has 6 nitrogen and oxygen atoms in total. The van der Waals surface area contributed by atoms with Crippen LogP contribution in [-0.2, 0) is 5.41 Å². The number of benzene rings is 6. The van der Waals surface area contributed by atoms with Crippen LogP contribution in [0.3, 0.4) is 0 Å². The smallest absolute Gasteiger partial charge is 0.164 e. The van der Waals surface area contributed by atoms with Crippen LogP contribution in [0.2, 0.25) is 0 Å². The van der Waals surface area contributed by atoms with Crippen LogP contribution in [0.25, 0.3) is 95.0 Å². The van der Waals surface area contributed by atoms with Crippen molar-refractivity contribution in [3.63, 3.8) is 0 Å². The van der Waals surface area contributed by atoms with Crippen LogP contribution in [0, 0.1) is 0 Å². The van der Waals surface area contributed by atoms with E-state index in [4.69, 9.17) is 15.0 Å². The van der Waals surface area contributed by atoms with Crippen LogP contribution >= 0.6 is 0 Å². The second-order valence-electron chi connectivity index (χ2n) is 15.4. The zero-order valence-corrected chi connectivity index (χ0v) is 32.0. The highest BCUT2D eigenvalue weighted by Gasteiger charge is 2.36. The molecule has 1 aliphatic rings. The maximum atomic E-state index is 5.16. The largest absolute Gasteiger partial charge is 0.308 e. The molecule has 10 aromatic rings. The van der Waals surface area contributed by atoms with Gasteiger partial charge < -0.3 is 4.57 Å². The molecule has 0 aliphatic heterocycles. The average Bonchev–Trinajstić information content (AvgIpc) is 3.73. The van der Waals surface area contributed by atoms with Gasteiger partial charge in [0.1, 0.15) is 0 Å². The predicted octanol–water partition coefficient (Wildman–Crippen LogP) is 12.4. The van der Waals surface area contributed by atoms with Gasteiger partial charge in [-0.2, -0.15) is 0 Å². The summed E-state index contributed by atoms with van der Waals surface area (Å²) in [7, 11) is 0. The van der Waals surface area contributed by atoms with Gasteiger partial charge in [0.15, 0.2) is 17.5 Å². The number of pyridine rings is 2. The van der Waals surface area contributed by atoms with Gasteiger partial charge in [-0.05, 0) is 88.0 Å². The Morgan fingerprint density at radius 1 is 0.379 bits per heavy atom. The highest BCUT2D eigenvalue weighted by atomic mass is 15.0. The lowest BCUT2D eigenvalue weighted by Gasteiger charge is -2.22. The van der Waals surface area contributed by atoms with E-state index in [2.05, 4.69) is 162 Å². The summed E-state index contributed by atoms with van der Waals surface area (Å²) < 4.78 is 2.49. The molecule has 0 amide bonds. The lowest BCUT2D eigenvalue weighted by atomic mass is 9.82. The number of hydrogen-bond donors (Lipinski definition) is 0. The summed E-state index contributed by atoms with van der Waals surface area (Å²) in [6.45, 7) is 4.70. The lowest BCUT2D eigenvalue weighted by Crippen LogP contribution is -2.14. The van der Waals surface area contributed by atoms with Crippen molar-refractivity contribution in [2.45, 2.75) is 19.3 Å². The van der Waals surface area contributed by atoms with Crippen molar-refractivity contribution < 1.29 is 0 Å². The second-order valence-corrected chi connectivity index (χ2v) is 15.4. The summed E-state index contributed by atoms with van der Waals surface area (Å²) in [6, 6.07) is 56.2. The van der Waals surface area contributed by atoms with E-state index in [0.717, 1.165) is 55.7 Å². The number of fused-ring (bicyclic) bond motifs is 6. The molecule has 58 heavy (non-hydrogen) atoms. The molecule has 0 N–H and O–H groups in total. The molecule has 0 unspecified atom stereocenters. The molecule has 0 saturated heterocycles. The van der Waals surface area contributed by atoms with Gasteiger partial charge >= 0.3 is 0 Å². The van der Waals surface area contributed by atoms with Crippen LogP contribution in [0.15, 0.2) is 183 Å². The van der Waals surface area contributed by atoms with Crippen molar-refractivity contribution in [1.29, 1.82) is 0 Å². The first-order valence-corrected chi connectivity index (χ1v) is 19.6. The first-order chi connectivity index (χ1) is 28.5. The van der Waals surface area contributed by atoms with Crippen LogP contribution in [0.4, 0.5) is 0 Å². The summed E-state index contributed by atoms with van der Waals surface area (Å²) in [5, 5.41) is 2.45. The molecule has 0 spiro atoms. The molecule has 4 heterocycles. The van der Waals surface area contributed by atoms with E-state index < -0.39 is 0 Å². The molecule has 6 heteroatoms. The molecule has 274 valence electrons. The van der Waals surface area contributed by atoms with E-state index in [1.807, 2.05) is 24.3 Å². The van der Waals surface area contributed by atoms with Gasteiger partial charge in [-0.15, -0.1) is 0 Å². The van der Waals surface area contributed by atoms with Crippen LogP contribution < -0.4 is 0 Å². The topological polar surface area (TPSA) is 69.4 Å². The minimum atomic E-state index is -0.121. The Morgan fingerprint density at radius 2 is 0.897 bits per heavy atom. The first kappa shape index (κ1) is 33.7. The zero-order chi connectivity index (χ0) is 38.8. The Bertz CT molecular complexity index is 3060. The van der Waals surface area contributed by atoms with Crippen molar-refractivity contribution in [2.75, 3.05) is 0 Å². The van der Waals surface area contributed by atoms with Gasteiger partial charge in [-0.25, -0.2) is 15.0 Å². The van der Waals surface area contributed by atoms with E-state index in [1.165, 1.54) is 33.0 Å². The number of nitrogens with zero attached hydrogens (tertiary/aromatic N) is 6. The van der Waals surface area contributed by atoms with Crippen molar-refractivity contribution in [3.8, 4) is 73.2 Å². The molecule has 0 saturated carbocycles. The lowest BCUT2D eigenvalue weighted by molar-refractivity contribution is 0.661. The summed E-state index contributed by atoms with van der Waals surface area (Å²) >= 11 is 0. The Labute approximate surface area is 336 Å². The number of aromatic nitrogens is 6. The van der Waals surface area contributed by atoms with Gasteiger partial charge in [0, 0.05) is 68.8 Å². The first-order valence-electron chi connectivity index (χ1n) is 19.6. The SMILES string of the molecule is CC1(C)c2ccccc2-c2cc3c(cc21)c1ccccc1n3-c1c(-c2ccccc2)cc(-c2nc(-c3ccncc3)nc(-c3ccncc3)n2)cc1-c1ccccc1. The summed E-state index contributed by atoms with van der Waals surface area (Å²) in [5.41, 5.74) is 15.5. The van der Waals surface area contributed by atoms with Crippen molar-refractivity contribution in [2.24, 2.45) is 0 Å². The average molecular weight is 745 g/mol. The number of hydrogen-bond acceptors (Lipinski definition) is 5. The van der Waals surface area contributed by atoms with Gasteiger partial charge in [0.05, 0.1) is 16.7 Å². The van der Waals surface area contributed by atoms with Gasteiger partial charge in [-0.3, -0.25) is 9.97 Å². The van der Waals surface area contributed by atoms with E-state index in [-0.39, 0.29) is 5.41 Å². The van der Waals surface area contributed by atoms with Gasteiger partial charge in [0.25, 0.3) is 0 Å². The number of para-hydroxylation sites is 1. The minimum absolute atomic E-state index is 0.121. The molecule has 0 radical (unpaired) electrons. The fraction of sp³-hybridized carbons (Fsp3) is 0.0577. The second kappa shape index (κ2) is 13.3. The van der Waals surface area contributed by atoms with E-state index in [1.54, 1.807) is 24.8 Å². The molecular weight excluding hydrogens is 709 g/mol. The molecule has 4 aromatic heterocycles. The van der Waals surface area contributed by atoms with Gasteiger partial charge in [0.2, 0.25) is 0 Å². The number of rotatable bonds is 6. The normalized spacial score (nSPS) is 12.8. The Kier molecular flexibility index (Phi) is 7.73. The third kappa shape index (κ3) is 5.37. The van der Waals surface area contributed by atoms with Crippen LogP contribution in [0.1, 0.15) is 25.0 Å². The maximum Gasteiger partial charge on any atom is 0.164 e. The molecule has 0 fully saturated rings. The maximum absolute atomic E-state index is 5.16. The van der Waals surface area contributed by atoms with Crippen LogP contribution in [-0.4, -0.2) is 29.5 Å². The molecule has 0 bridgehead atoms. The van der Waals surface area contributed by atoms with Gasteiger partial charge in [-0.1, -0.05) is 117 Å².